The Balaban J connectivity index is 2.17. The average molecular weight is 263 g/mol. The molecular formula is C13H17N3O3. The summed E-state index contributed by atoms with van der Waals surface area (Å²) in [6.07, 6.45) is 3.03. The SMILES string of the molecule is Cn1ccc(C(=O)N2CCCC(C(N)=O)C2)cc1=O. The highest BCUT2D eigenvalue weighted by atomic mass is 16.2. The van der Waals surface area contributed by atoms with E-state index >= 15 is 0 Å². The summed E-state index contributed by atoms with van der Waals surface area (Å²) in [5.41, 5.74) is 5.41. The van der Waals surface area contributed by atoms with Crippen molar-refractivity contribution in [3.63, 3.8) is 0 Å². The molecule has 2 rings (SSSR count). The topological polar surface area (TPSA) is 85.4 Å². The largest absolute Gasteiger partial charge is 0.369 e. The molecule has 1 aliphatic rings. The average Bonchev–Trinajstić information content (AvgIpc) is 2.41. The fraction of sp³-hybridized carbons (Fsp3) is 0.462. The summed E-state index contributed by atoms with van der Waals surface area (Å²) in [5, 5.41) is 0. The summed E-state index contributed by atoms with van der Waals surface area (Å²) in [4.78, 5) is 36.6. The Morgan fingerprint density at radius 3 is 2.79 bits per heavy atom. The van der Waals surface area contributed by atoms with E-state index in [-0.39, 0.29) is 23.3 Å². The summed E-state index contributed by atoms with van der Waals surface area (Å²) in [6, 6.07) is 2.92. The lowest BCUT2D eigenvalue weighted by atomic mass is 9.97. The predicted octanol–water partition coefficient (Wildman–Crippen LogP) is -0.277. The minimum Gasteiger partial charge on any atom is -0.369 e. The molecule has 6 heteroatoms. The van der Waals surface area contributed by atoms with E-state index in [1.165, 1.54) is 10.6 Å². The Morgan fingerprint density at radius 1 is 1.42 bits per heavy atom. The zero-order valence-corrected chi connectivity index (χ0v) is 10.8. The molecule has 0 aromatic carbocycles. The number of aromatic nitrogens is 1. The highest BCUT2D eigenvalue weighted by Gasteiger charge is 2.27. The number of hydrogen-bond acceptors (Lipinski definition) is 3. The zero-order chi connectivity index (χ0) is 14.0. The molecule has 0 bridgehead atoms. The molecule has 0 radical (unpaired) electrons. The van der Waals surface area contributed by atoms with Crippen molar-refractivity contribution in [1.82, 2.24) is 9.47 Å². The van der Waals surface area contributed by atoms with E-state index in [0.717, 1.165) is 12.8 Å². The second-order valence-electron chi connectivity index (χ2n) is 4.86. The molecule has 0 aliphatic carbocycles. The molecule has 2 heterocycles. The molecule has 1 aromatic heterocycles. The molecule has 1 aliphatic heterocycles. The Bertz CT molecular complexity index is 564. The first-order valence-corrected chi connectivity index (χ1v) is 6.24. The smallest absolute Gasteiger partial charge is 0.254 e. The van der Waals surface area contributed by atoms with Gasteiger partial charge in [0, 0.05) is 38.0 Å². The number of carbonyl (C=O) groups is 2. The van der Waals surface area contributed by atoms with Gasteiger partial charge in [0.1, 0.15) is 0 Å². The van der Waals surface area contributed by atoms with E-state index in [9.17, 15) is 14.4 Å². The molecule has 1 fully saturated rings. The van der Waals surface area contributed by atoms with E-state index in [4.69, 9.17) is 5.73 Å². The minimum absolute atomic E-state index is 0.219. The summed E-state index contributed by atoms with van der Waals surface area (Å²) < 4.78 is 1.40. The first-order valence-electron chi connectivity index (χ1n) is 6.24. The molecule has 2 amide bonds. The van der Waals surface area contributed by atoms with Gasteiger partial charge in [0.15, 0.2) is 0 Å². The first-order chi connectivity index (χ1) is 8.99. The third-order valence-corrected chi connectivity index (χ3v) is 3.46. The van der Waals surface area contributed by atoms with Crippen molar-refractivity contribution < 1.29 is 9.59 Å². The molecule has 0 saturated carbocycles. The highest BCUT2D eigenvalue weighted by Crippen LogP contribution is 2.17. The first kappa shape index (κ1) is 13.3. The number of carbonyl (C=O) groups excluding carboxylic acids is 2. The van der Waals surface area contributed by atoms with Gasteiger partial charge in [-0.3, -0.25) is 14.4 Å². The van der Waals surface area contributed by atoms with E-state index < -0.39 is 0 Å². The number of nitrogens with zero attached hydrogens (tertiary/aromatic N) is 2. The van der Waals surface area contributed by atoms with E-state index in [1.54, 1.807) is 24.2 Å². The van der Waals surface area contributed by atoms with Gasteiger partial charge >= 0.3 is 0 Å². The molecular weight excluding hydrogens is 246 g/mol. The third-order valence-electron chi connectivity index (χ3n) is 3.46. The van der Waals surface area contributed by atoms with Gasteiger partial charge in [-0.15, -0.1) is 0 Å². The summed E-state index contributed by atoms with van der Waals surface area (Å²) in [5.74, 6) is -0.880. The standard InChI is InChI=1S/C13H17N3O3/c1-15-6-4-9(7-11(15)17)13(19)16-5-2-3-10(8-16)12(14)18/h4,6-7,10H,2-3,5,8H2,1H3,(H2,14,18). The van der Waals surface area contributed by atoms with Crippen molar-refractivity contribution in [2.75, 3.05) is 13.1 Å². The van der Waals surface area contributed by atoms with Gasteiger partial charge in [0.2, 0.25) is 5.91 Å². The zero-order valence-electron chi connectivity index (χ0n) is 10.8. The molecule has 19 heavy (non-hydrogen) atoms. The number of aryl methyl sites for hydroxylation is 1. The molecule has 6 nitrogen and oxygen atoms in total. The van der Waals surface area contributed by atoms with Crippen molar-refractivity contribution in [2.45, 2.75) is 12.8 Å². The van der Waals surface area contributed by atoms with Gasteiger partial charge in [-0.25, -0.2) is 0 Å². The van der Waals surface area contributed by atoms with Crippen LogP contribution in [0, 0.1) is 5.92 Å². The monoisotopic (exact) mass is 263 g/mol. The lowest BCUT2D eigenvalue weighted by Crippen LogP contribution is -2.44. The Hall–Kier alpha value is -2.11. The van der Waals surface area contributed by atoms with Crippen molar-refractivity contribution in [3.8, 4) is 0 Å². The molecule has 2 N–H and O–H groups in total. The van der Waals surface area contributed by atoms with Crippen LogP contribution in [0.2, 0.25) is 0 Å². The van der Waals surface area contributed by atoms with Crippen LogP contribution < -0.4 is 11.3 Å². The minimum atomic E-state index is -0.374. The maximum atomic E-state index is 12.3. The van der Waals surface area contributed by atoms with Gasteiger partial charge in [0.05, 0.1) is 5.92 Å². The van der Waals surface area contributed by atoms with E-state index in [2.05, 4.69) is 0 Å². The van der Waals surface area contributed by atoms with Crippen LogP contribution in [0.25, 0.3) is 0 Å². The quantitative estimate of drug-likeness (QED) is 0.796. The number of pyridine rings is 1. The number of hydrogen-bond donors (Lipinski definition) is 1. The summed E-state index contributed by atoms with van der Waals surface area (Å²) in [7, 11) is 1.63. The van der Waals surface area contributed by atoms with Gasteiger partial charge in [-0.2, -0.15) is 0 Å². The lowest BCUT2D eigenvalue weighted by Gasteiger charge is -2.31. The fourth-order valence-electron chi connectivity index (χ4n) is 2.26. The molecule has 0 spiro atoms. The van der Waals surface area contributed by atoms with Crippen LogP contribution in [0.1, 0.15) is 23.2 Å². The van der Waals surface area contributed by atoms with Crippen molar-refractivity contribution in [1.29, 1.82) is 0 Å². The van der Waals surface area contributed by atoms with Crippen LogP contribution >= 0.6 is 0 Å². The number of nitrogens with two attached hydrogens (primary N) is 1. The van der Waals surface area contributed by atoms with Gasteiger partial charge < -0.3 is 15.2 Å². The van der Waals surface area contributed by atoms with Crippen molar-refractivity contribution in [3.05, 3.63) is 34.2 Å². The van der Waals surface area contributed by atoms with Crippen LogP contribution in [-0.2, 0) is 11.8 Å². The number of primary amides is 1. The normalized spacial score (nSPS) is 19.2. The Kier molecular flexibility index (Phi) is 3.69. The molecule has 1 aromatic rings. The fourth-order valence-corrected chi connectivity index (χ4v) is 2.26. The van der Waals surface area contributed by atoms with Crippen LogP contribution in [0.4, 0.5) is 0 Å². The van der Waals surface area contributed by atoms with Gasteiger partial charge in [-0.05, 0) is 18.9 Å². The maximum absolute atomic E-state index is 12.3. The number of likely N-dealkylation sites (tertiary alicyclic amines) is 1. The maximum Gasteiger partial charge on any atom is 0.254 e. The number of amides is 2. The Labute approximate surface area is 110 Å². The van der Waals surface area contributed by atoms with E-state index in [1.807, 2.05) is 0 Å². The van der Waals surface area contributed by atoms with Crippen LogP contribution in [0.3, 0.4) is 0 Å². The lowest BCUT2D eigenvalue weighted by molar-refractivity contribution is -0.123. The second kappa shape index (κ2) is 5.26. The van der Waals surface area contributed by atoms with Crippen LogP contribution in [-0.4, -0.2) is 34.4 Å². The van der Waals surface area contributed by atoms with Crippen molar-refractivity contribution >= 4 is 11.8 Å². The van der Waals surface area contributed by atoms with E-state index in [0.29, 0.717) is 18.7 Å². The summed E-state index contributed by atoms with van der Waals surface area (Å²) in [6.45, 7) is 0.932. The summed E-state index contributed by atoms with van der Waals surface area (Å²) >= 11 is 0. The predicted molar refractivity (Wildman–Crippen MR) is 69.5 cm³/mol. The highest BCUT2D eigenvalue weighted by molar-refractivity contribution is 5.94. The third kappa shape index (κ3) is 2.83. The molecule has 1 saturated heterocycles. The molecule has 102 valence electrons. The number of rotatable bonds is 2. The Morgan fingerprint density at radius 2 is 2.16 bits per heavy atom. The molecule has 1 atom stereocenters. The molecule has 1 unspecified atom stereocenters. The van der Waals surface area contributed by atoms with Gasteiger partial charge in [0.25, 0.3) is 11.5 Å². The van der Waals surface area contributed by atoms with Crippen LogP contribution in [0.15, 0.2) is 23.1 Å². The number of piperidine rings is 1. The van der Waals surface area contributed by atoms with Crippen molar-refractivity contribution in [2.24, 2.45) is 18.7 Å². The van der Waals surface area contributed by atoms with Gasteiger partial charge in [-0.1, -0.05) is 0 Å². The second-order valence-corrected chi connectivity index (χ2v) is 4.86. The van der Waals surface area contributed by atoms with Crippen LogP contribution in [0.5, 0.6) is 0 Å².